The summed E-state index contributed by atoms with van der Waals surface area (Å²) in [7, 11) is 0. The lowest BCUT2D eigenvalue weighted by Crippen LogP contribution is -2.47. The summed E-state index contributed by atoms with van der Waals surface area (Å²) < 4.78 is 14.2. The Kier molecular flexibility index (Phi) is 3.46. The molecule has 4 heteroatoms. The molecule has 104 valence electrons. The van der Waals surface area contributed by atoms with Gasteiger partial charge in [0.15, 0.2) is 0 Å². The second-order valence-electron chi connectivity index (χ2n) is 5.75. The minimum Gasteiger partial charge on any atom is -0.367 e. The third-order valence-corrected chi connectivity index (χ3v) is 4.22. The largest absolute Gasteiger partial charge is 0.367 e. The Labute approximate surface area is 114 Å². The van der Waals surface area contributed by atoms with Gasteiger partial charge in [-0.25, -0.2) is 4.39 Å². The van der Waals surface area contributed by atoms with Crippen LogP contribution in [-0.4, -0.2) is 37.1 Å². The lowest BCUT2D eigenvalue weighted by Gasteiger charge is -2.36. The first-order valence-electron chi connectivity index (χ1n) is 7.19. The molecule has 2 N–H and O–H groups in total. The molecule has 1 aromatic rings. The minimum atomic E-state index is -0.144. The number of hydrogen-bond acceptors (Lipinski definition) is 3. The van der Waals surface area contributed by atoms with Crippen molar-refractivity contribution in [2.75, 3.05) is 31.1 Å². The Bertz CT molecular complexity index is 449. The van der Waals surface area contributed by atoms with Crippen molar-refractivity contribution in [1.29, 1.82) is 0 Å². The van der Waals surface area contributed by atoms with Gasteiger partial charge >= 0.3 is 0 Å². The summed E-state index contributed by atoms with van der Waals surface area (Å²) in [5, 5.41) is 0. The zero-order chi connectivity index (χ0) is 13.4. The van der Waals surface area contributed by atoms with Crippen LogP contribution in [0, 0.1) is 5.82 Å². The number of benzene rings is 1. The molecule has 1 heterocycles. The molecule has 1 saturated heterocycles. The van der Waals surface area contributed by atoms with E-state index in [2.05, 4.69) is 9.80 Å². The van der Waals surface area contributed by atoms with Crippen molar-refractivity contribution in [3.05, 3.63) is 29.6 Å². The second kappa shape index (κ2) is 5.10. The maximum absolute atomic E-state index is 14.2. The first-order chi connectivity index (χ1) is 9.15. The molecular weight excluding hydrogens is 241 g/mol. The van der Waals surface area contributed by atoms with Crippen LogP contribution in [-0.2, 0) is 0 Å². The normalized spacial score (nSPS) is 22.6. The van der Waals surface area contributed by atoms with Crippen LogP contribution in [0.3, 0.4) is 0 Å². The highest BCUT2D eigenvalue weighted by Gasteiger charge is 2.31. The highest BCUT2D eigenvalue weighted by molar-refractivity contribution is 5.50. The number of nitrogens with two attached hydrogens (primary N) is 1. The third kappa shape index (κ3) is 2.74. The van der Waals surface area contributed by atoms with Gasteiger partial charge in [0.1, 0.15) is 5.82 Å². The average molecular weight is 263 g/mol. The van der Waals surface area contributed by atoms with Crippen LogP contribution >= 0.6 is 0 Å². The Morgan fingerprint density at radius 1 is 1.21 bits per heavy atom. The lowest BCUT2D eigenvalue weighted by molar-refractivity contribution is 0.247. The van der Waals surface area contributed by atoms with Crippen LogP contribution in [0.2, 0.25) is 0 Å². The van der Waals surface area contributed by atoms with Gasteiger partial charge < -0.3 is 10.6 Å². The number of anilines is 1. The molecule has 3 rings (SSSR count). The minimum absolute atomic E-state index is 0.115. The molecule has 1 aliphatic carbocycles. The highest BCUT2D eigenvalue weighted by atomic mass is 19.1. The fourth-order valence-corrected chi connectivity index (χ4v) is 2.83. The average Bonchev–Trinajstić information content (AvgIpc) is 3.23. The summed E-state index contributed by atoms with van der Waals surface area (Å²) in [6.45, 7) is 5.83. The quantitative estimate of drug-likeness (QED) is 0.906. The lowest BCUT2D eigenvalue weighted by atomic mass is 10.1. The van der Waals surface area contributed by atoms with Crippen LogP contribution in [0.15, 0.2) is 18.2 Å². The molecule has 2 fully saturated rings. The van der Waals surface area contributed by atoms with E-state index >= 15 is 0 Å². The van der Waals surface area contributed by atoms with Crippen molar-refractivity contribution in [2.24, 2.45) is 5.73 Å². The first kappa shape index (κ1) is 12.9. The Morgan fingerprint density at radius 3 is 2.42 bits per heavy atom. The molecular formula is C15H22FN3. The Hall–Kier alpha value is -1.13. The van der Waals surface area contributed by atoms with E-state index in [0.29, 0.717) is 0 Å². The number of piperazine rings is 1. The number of rotatable bonds is 3. The molecule has 1 aliphatic heterocycles. The maximum Gasteiger partial charge on any atom is 0.146 e. The summed E-state index contributed by atoms with van der Waals surface area (Å²) >= 11 is 0. The Morgan fingerprint density at radius 2 is 1.89 bits per heavy atom. The van der Waals surface area contributed by atoms with Gasteiger partial charge in [-0.1, -0.05) is 6.07 Å². The topological polar surface area (TPSA) is 32.5 Å². The van der Waals surface area contributed by atoms with Gasteiger partial charge in [-0.15, -0.1) is 0 Å². The Balaban J connectivity index is 1.69. The molecule has 1 aromatic carbocycles. The summed E-state index contributed by atoms with van der Waals surface area (Å²) in [4.78, 5) is 4.68. The van der Waals surface area contributed by atoms with Crippen molar-refractivity contribution in [3.8, 4) is 0 Å². The van der Waals surface area contributed by atoms with Gasteiger partial charge in [0, 0.05) is 38.3 Å². The molecule has 19 heavy (non-hydrogen) atoms. The van der Waals surface area contributed by atoms with Crippen molar-refractivity contribution in [3.63, 3.8) is 0 Å². The monoisotopic (exact) mass is 263 g/mol. The molecule has 1 atom stereocenters. The molecule has 3 nitrogen and oxygen atoms in total. The van der Waals surface area contributed by atoms with Crippen LogP contribution in [0.4, 0.5) is 10.1 Å². The molecule has 0 bridgehead atoms. The molecule has 2 aliphatic rings. The van der Waals surface area contributed by atoms with Crippen molar-refractivity contribution in [1.82, 2.24) is 4.90 Å². The van der Waals surface area contributed by atoms with Gasteiger partial charge in [0.2, 0.25) is 0 Å². The second-order valence-corrected chi connectivity index (χ2v) is 5.75. The molecule has 0 amide bonds. The fraction of sp³-hybridized carbons (Fsp3) is 0.600. The van der Waals surface area contributed by atoms with E-state index in [1.54, 1.807) is 6.07 Å². The van der Waals surface area contributed by atoms with Crippen LogP contribution < -0.4 is 10.6 Å². The van der Waals surface area contributed by atoms with E-state index < -0.39 is 0 Å². The van der Waals surface area contributed by atoms with E-state index in [1.165, 1.54) is 12.8 Å². The molecule has 1 saturated carbocycles. The number of nitrogens with zero attached hydrogens (tertiary/aromatic N) is 2. The van der Waals surface area contributed by atoms with Crippen LogP contribution in [0.1, 0.15) is 31.4 Å². The van der Waals surface area contributed by atoms with Crippen molar-refractivity contribution in [2.45, 2.75) is 31.8 Å². The van der Waals surface area contributed by atoms with Crippen LogP contribution in [0.5, 0.6) is 0 Å². The maximum atomic E-state index is 14.2. The summed E-state index contributed by atoms with van der Waals surface area (Å²) in [5.74, 6) is -0.144. The van der Waals surface area contributed by atoms with Gasteiger partial charge in [-0.3, -0.25) is 4.90 Å². The fourth-order valence-electron chi connectivity index (χ4n) is 2.83. The van der Waals surface area contributed by atoms with Gasteiger partial charge in [-0.05, 0) is 37.5 Å². The number of halogens is 1. The number of hydrogen-bond donors (Lipinski definition) is 1. The molecule has 0 aromatic heterocycles. The zero-order valence-corrected chi connectivity index (χ0v) is 11.5. The predicted molar refractivity (Wildman–Crippen MR) is 75.8 cm³/mol. The van der Waals surface area contributed by atoms with Gasteiger partial charge in [-0.2, -0.15) is 0 Å². The van der Waals surface area contributed by atoms with Crippen molar-refractivity contribution >= 4 is 5.69 Å². The van der Waals surface area contributed by atoms with E-state index in [1.807, 2.05) is 19.1 Å². The summed E-state index contributed by atoms with van der Waals surface area (Å²) in [6.07, 6.45) is 2.69. The van der Waals surface area contributed by atoms with E-state index in [9.17, 15) is 4.39 Å². The SMILES string of the molecule is C[C@@H](N)c1ccc(N2CCN(C3CC3)CC2)c(F)c1. The smallest absolute Gasteiger partial charge is 0.146 e. The zero-order valence-electron chi connectivity index (χ0n) is 11.5. The standard InChI is InChI=1S/C15H22FN3/c1-11(17)12-2-5-15(14(16)10-12)19-8-6-18(7-9-19)13-3-4-13/h2,5,10-11,13H,3-4,6-9,17H2,1H3/t11-/m1/s1. The summed E-state index contributed by atoms with van der Waals surface area (Å²) in [5.41, 5.74) is 7.36. The van der Waals surface area contributed by atoms with E-state index in [-0.39, 0.29) is 11.9 Å². The van der Waals surface area contributed by atoms with Crippen molar-refractivity contribution < 1.29 is 4.39 Å². The van der Waals surface area contributed by atoms with Gasteiger partial charge in [0.05, 0.1) is 5.69 Å². The molecule has 0 radical (unpaired) electrons. The molecule has 0 unspecified atom stereocenters. The highest BCUT2D eigenvalue weighted by Crippen LogP contribution is 2.29. The predicted octanol–water partition coefficient (Wildman–Crippen LogP) is 2.13. The first-order valence-corrected chi connectivity index (χ1v) is 7.19. The summed E-state index contributed by atoms with van der Waals surface area (Å²) in [6, 6.07) is 6.09. The van der Waals surface area contributed by atoms with Gasteiger partial charge in [0.25, 0.3) is 0 Å². The third-order valence-electron chi connectivity index (χ3n) is 4.22. The molecule has 0 spiro atoms. The van der Waals surface area contributed by atoms with E-state index in [0.717, 1.165) is 43.5 Å². The van der Waals surface area contributed by atoms with Crippen LogP contribution in [0.25, 0.3) is 0 Å². The van der Waals surface area contributed by atoms with E-state index in [4.69, 9.17) is 5.73 Å².